The molecule has 118 valence electrons. The van der Waals surface area contributed by atoms with E-state index in [1.165, 1.54) is 0 Å². The summed E-state index contributed by atoms with van der Waals surface area (Å²) < 4.78 is 0. The van der Waals surface area contributed by atoms with Crippen LogP contribution in [0.2, 0.25) is 0 Å². The first-order valence-corrected chi connectivity index (χ1v) is 7.48. The molecule has 4 nitrogen and oxygen atoms in total. The van der Waals surface area contributed by atoms with E-state index in [0.717, 1.165) is 11.3 Å². The molecule has 4 heteroatoms. The van der Waals surface area contributed by atoms with Gasteiger partial charge in [0.1, 0.15) is 0 Å². The molecule has 2 atom stereocenters. The highest BCUT2D eigenvalue weighted by atomic mass is 16.2. The van der Waals surface area contributed by atoms with E-state index in [1.807, 2.05) is 38.2 Å². The van der Waals surface area contributed by atoms with Crippen molar-refractivity contribution in [2.45, 2.75) is 53.2 Å². The second kappa shape index (κ2) is 7.05. The second-order valence-electron chi connectivity index (χ2n) is 6.78. The van der Waals surface area contributed by atoms with Crippen molar-refractivity contribution in [2.75, 3.05) is 12.4 Å². The average molecular weight is 291 g/mol. The number of nitrogens with zero attached hydrogens (tertiary/aromatic N) is 1. The van der Waals surface area contributed by atoms with E-state index in [1.54, 1.807) is 0 Å². The minimum atomic E-state index is -0.194. The average Bonchev–Trinajstić information content (AvgIpc) is 2.44. The summed E-state index contributed by atoms with van der Waals surface area (Å²) in [7, 11) is 2.00. The Kier molecular flexibility index (Phi) is 5.93. The van der Waals surface area contributed by atoms with Gasteiger partial charge in [0.05, 0.1) is 6.04 Å². The fraction of sp³-hybridized carbons (Fsp3) is 0.588. The molecule has 1 rings (SSSR count). The summed E-state index contributed by atoms with van der Waals surface area (Å²) in [5.41, 5.74) is 7.56. The lowest BCUT2D eigenvalue weighted by Crippen LogP contribution is -2.48. The van der Waals surface area contributed by atoms with Crippen LogP contribution in [0.25, 0.3) is 0 Å². The van der Waals surface area contributed by atoms with Crippen molar-refractivity contribution < 1.29 is 4.79 Å². The Morgan fingerprint density at radius 3 is 2.48 bits per heavy atom. The number of anilines is 1. The van der Waals surface area contributed by atoms with Crippen molar-refractivity contribution in [3.05, 3.63) is 29.8 Å². The lowest BCUT2D eigenvalue weighted by Gasteiger charge is -2.38. The molecule has 0 aliphatic carbocycles. The van der Waals surface area contributed by atoms with E-state index in [4.69, 9.17) is 5.73 Å². The maximum absolute atomic E-state index is 12.4. The first-order chi connectivity index (χ1) is 9.66. The molecular weight excluding hydrogens is 262 g/mol. The third-order valence-electron chi connectivity index (χ3n) is 4.28. The SMILES string of the molecule is CC(C(=O)Nc1cccc(CN)c1)N(C)C(C)C(C)(C)C. The van der Waals surface area contributed by atoms with Crippen LogP contribution in [-0.4, -0.2) is 29.9 Å². The van der Waals surface area contributed by atoms with E-state index in [2.05, 4.69) is 37.9 Å². The van der Waals surface area contributed by atoms with Crippen LogP contribution in [0.5, 0.6) is 0 Å². The van der Waals surface area contributed by atoms with Crippen molar-refractivity contribution >= 4 is 11.6 Å². The van der Waals surface area contributed by atoms with Crippen LogP contribution in [0.4, 0.5) is 5.69 Å². The zero-order valence-electron chi connectivity index (χ0n) is 14.1. The van der Waals surface area contributed by atoms with Gasteiger partial charge in [0, 0.05) is 18.3 Å². The van der Waals surface area contributed by atoms with Gasteiger partial charge in [-0.25, -0.2) is 0 Å². The monoisotopic (exact) mass is 291 g/mol. The number of carbonyl (C=O) groups excluding carboxylic acids is 1. The van der Waals surface area contributed by atoms with Crippen LogP contribution in [-0.2, 0) is 11.3 Å². The maximum Gasteiger partial charge on any atom is 0.241 e. The zero-order valence-corrected chi connectivity index (χ0v) is 14.1. The Balaban J connectivity index is 2.74. The molecule has 1 aromatic rings. The minimum Gasteiger partial charge on any atom is -0.326 e. The Hall–Kier alpha value is -1.39. The van der Waals surface area contributed by atoms with Crippen molar-refractivity contribution in [1.82, 2.24) is 4.90 Å². The standard InChI is InChI=1S/C17H29N3O/c1-12(20(6)13(2)17(3,4)5)16(21)19-15-9-7-8-14(10-15)11-18/h7-10,12-13H,11,18H2,1-6H3,(H,19,21). The summed E-state index contributed by atoms with van der Waals surface area (Å²) in [5.74, 6) is 0.00257. The van der Waals surface area contributed by atoms with Gasteiger partial charge in [-0.15, -0.1) is 0 Å². The number of hydrogen-bond acceptors (Lipinski definition) is 3. The van der Waals surface area contributed by atoms with Crippen molar-refractivity contribution in [3.63, 3.8) is 0 Å². The van der Waals surface area contributed by atoms with Gasteiger partial charge >= 0.3 is 0 Å². The molecule has 0 fully saturated rings. The van der Waals surface area contributed by atoms with Gasteiger partial charge < -0.3 is 11.1 Å². The van der Waals surface area contributed by atoms with E-state index in [-0.39, 0.29) is 17.4 Å². The highest BCUT2D eigenvalue weighted by Crippen LogP contribution is 2.24. The van der Waals surface area contributed by atoms with Gasteiger partial charge in [-0.1, -0.05) is 32.9 Å². The van der Waals surface area contributed by atoms with Crippen LogP contribution in [0.3, 0.4) is 0 Å². The summed E-state index contributed by atoms with van der Waals surface area (Å²) in [4.78, 5) is 14.5. The predicted molar refractivity (Wildman–Crippen MR) is 89.1 cm³/mol. The maximum atomic E-state index is 12.4. The molecule has 0 saturated heterocycles. The van der Waals surface area contributed by atoms with Gasteiger partial charge in [0.25, 0.3) is 0 Å². The molecule has 0 saturated carbocycles. The first-order valence-electron chi connectivity index (χ1n) is 7.48. The predicted octanol–water partition coefficient (Wildman–Crippen LogP) is 2.84. The third kappa shape index (κ3) is 4.83. The highest BCUT2D eigenvalue weighted by Gasteiger charge is 2.29. The van der Waals surface area contributed by atoms with Crippen molar-refractivity contribution in [1.29, 1.82) is 0 Å². The summed E-state index contributed by atoms with van der Waals surface area (Å²) in [6, 6.07) is 7.76. The van der Waals surface area contributed by atoms with E-state index >= 15 is 0 Å². The number of nitrogens with two attached hydrogens (primary N) is 1. The number of nitrogens with one attached hydrogen (secondary N) is 1. The van der Waals surface area contributed by atoms with Gasteiger partial charge in [0.2, 0.25) is 5.91 Å². The van der Waals surface area contributed by atoms with E-state index in [0.29, 0.717) is 12.6 Å². The summed E-state index contributed by atoms with van der Waals surface area (Å²) in [6.45, 7) is 11.1. The lowest BCUT2D eigenvalue weighted by atomic mass is 9.86. The van der Waals surface area contributed by atoms with Gasteiger partial charge in [-0.3, -0.25) is 9.69 Å². The van der Waals surface area contributed by atoms with Crippen LogP contribution < -0.4 is 11.1 Å². The largest absolute Gasteiger partial charge is 0.326 e. The lowest BCUT2D eigenvalue weighted by molar-refractivity contribution is -0.121. The second-order valence-corrected chi connectivity index (χ2v) is 6.78. The number of likely N-dealkylation sites (N-methyl/N-ethyl adjacent to an activating group) is 1. The first kappa shape index (κ1) is 17.7. The van der Waals surface area contributed by atoms with E-state index in [9.17, 15) is 4.79 Å². The Morgan fingerprint density at radius 2 is 1.95 bits per heavy atom. The van der Waals surface area contributed by atoms with Gasteiger partial charge in [0.15, 0.2) is 0 Å². The quantitative estimate of drug-likeness (QED) is 0.877. The molecule has 21 heavy (non-hydrogen) atoms. The number of hydrogen-bond donors (Lipinski definition) is 2. The topological polar surface area (TPSA) is 58.4 Å². The fourth-order valence-corrected chi connectivity index (χ4v) is 2.15. The number of rotatable bonds is 5. The molecule has 0 bridgehead atoms. The summed E-state index contributed by atoms with van der Waals surface area (Å²) in [6.07, 6.45) is 0. The van der Waals surface area contributed by atoms with Crippen LogP contribution in [0.15, 0.2) is 24.3 Å². The zero-order chi connectivity index (χ0) is 16.2. The summed E-state index contributed by atoms with van der Waals surface area (Å²) in [5, 5.41) is 2.97. The number of benzene rings is 1. The molecule has 0 aliphatic rings. The summed E-state index contributed by atoms with van der Waals surface area (Å²) >= 11 is 0. The number of amides is 1. The molecule has 1 amide bonds. The Labute approximate surface area is 128 Å². The molecule has 0 spiro atoms. The molecule has 1 aromatic carbocycles. The van der Waals surface area contributed by atoms with Gasteiger partial charge in [-0.2, -0.15) is 0 Å². The molecule has 0 radical (unpaired) electrons. The van der Waals surface area contributed by atoms with Crippen LogP contribution in [0.1, 0.15) is 40.2 Å². The number of carbonyl (C=O) groups is 1. The highest BCUT2D eigenvalue weighted by molar-refractivity contribution is 5.94. The van der Waals surface area contributed by atoms with Crippen molar-refractivity contribution in [2.24, 2.45) is 11.1 Å². The molecule has 2 unspecified atom stereocenters. The van der Waals surface area contributed by atoms with Gasteiger partial charge in [-0.05, 0) is 44.0 Å². The van der Waals surface area contributed by atoms with Crippen LogP contribution >= 0.6 is 0 Å². The van der Waals surface area contributed by atoms with Crippen molar-refractivity contribution in [3.8, 4) is 0 Å². The fourth-order valence-electron chi connectivity index (χ4n) is 2.15. The van der Waals surface area contributed by atoms with Crippen LogP contribution in [0, 0.1) is 5.41 Å². The molecular formula is C17H29N3O. The molecule has 0 aromatic heterocycles. The molecule has 0 aliphatic heterocycles. The molecule has 3 N–H and O–H groups in total. The molecule has 0 heterocycles. The van der Waals surface area contributed by atoms with E-state index < -0.39 is 0 Å². The normalized spacial score (nSPS) is 14.9. The minimum absolute atomic E-state index is 0.00257. The smallest absolute Gasteiger partial charge is 0.241 e. The third-order valence-corrected chi connectivity index (χ3v) is 4.28. The Morgan fingerprint density at radius 1 is 1.33 bits per heavy atom. The Bertz CT molecular complexity index is 479.